The zero-order valence-electron chi connectivity index (χ0n) is 14.0. The summed E-state index contributed by atoms with van der Waals surface area (Å²) < 4.78 is 5.45. The zero-order chi connectivity index (χ0) is 18.4. The summed E-state index contributed by atoms with van der Waals surface area (Å²) in [6.45, 7) is 3.54. The highest BCUT2D eigenvalue weighted by atomic mass is 35.5. The predicted octanol–water partition coefficient (Wildman–Crippen LogP) is 4.84. The number of benzene rings is 2. The smallest absolute Gasteiger partial charge is 0.258 e. The summed E-state index contributed by atoms with van der Waals surface area (Å²) in [7, 11) is 0. The SMILES string of the molecule is CCC(=O)c1ccc(OCC(=O)NC(C)c2ccc(Cl)c(Cl)c2)cc1. The fourth-order valence-electron chi connectivity index (χ4n) is 2.24. The van der Waals surface area contributed by atoms with E-state index in [0.717, 1.165) is 5.56 Å². The summed E-state index contributed by atoms with van der Waals surface area (Å²) in [5.41, 5.74) is 1.48. The number of nitrogens with one attached hydrogen (secondary N) is 1. The summed E-state index contributed by atoms with van der Waals surface area (Å²) in [5.74, 6) is 0.344. The van der Waals surface area contributed by atoms with Crippen molar-refractivity contribution >= 4 is 34.9 Å². The Balaban J connectivity index is 1.87. The molecule has 0 saturated heterocycles. The molecular formula is C19H19Cl2NO3. The van der Waals surface area contributed by atoms with Crippen LogP contribution in [-0.2, 0) is 4.79 Å². The van der Waals surface area contributed by atoms with Gasteiger partial charge in [-0.1, -0.05) is 36.2 Å². The van der Waals surface area contributed by atoms with Crippen molar-refractivity contribution in [2.45, 2.75) is 26.3 Å². The van der Waals surface area contributed by atoms with E-state index < -0.39 is 0 Å². The van der Waals surface area contributed by atoms with E-state index in [2.05, 4.69) is 5.32 Å². The molecule has 0 aliphatic carbocycles. The molecule has 4 nitrogen and oxygen atoms in total. The molecule has 1 N–H and O–H groups in total. The van der Waals surface area contributed by atoms with E-state index in [1.54, 1.807) is 36.4 Å². The summed E-state index contributed by atoms with van der Waals surface area (Å²) in [6.07, 6.45) is 0.454. The van der Waals surface area contributed by atoms with E-state index in [1.165, 1.54) is 0 Å². The molecule has 0 fully saturated rings. The quantitative estimate of drug-likeness (QED) is 0.700. The van der Waals surface area contributed by atoms with Gasteiger partial charge in [-0.25, -0.2) is 0 Å². The van der Waals surface area contributed by atoms with Crippen LogP contribution in [0.15, 0.2) is 42.5 Å². The number of amides is 1. The van der Waals surface area contributed by atoms with Crippen LogP contribution in [0.3, 0.4) is 0 Å². The van der Waals surface area contributed by atoms with Gasteiger partial charge in [0.05, 0.1) is 16.1 Å². The molecule has 0 saturated carbocycles. The molecule has 2 rings (SSSR count). The molecule has 25 heavy (non-hydrogen) atoms. The van der Waals surface area contributed by atoms with Gasteiger partial charge in [0.25, 0.3) is 5.91 Å². The van der Waals surface area contributed by atoms with Gasteiger partial charge in [0.2, 0.25) is 0 Å². The Hall–Kier alpha value is -2.04. The zero-order valence-corrected chi connectivity index (χ0v) is 15.5. The van der Waals surface area contributed by atoms with Gasteiger partial charge in [-0.2, -0.15) is 0 Å². The highest BCUT2D eigenvalue weighted by molar-refractivity contribution is 6.42. The van der Waals surface area contributed by atoms with Gasteiger partial charge in [0, 0.05) is 12.0 Å². The minimum Gasteiger partial charge on any atom is -0.484 e. The van der Waals surface area contributed by atoms with E-state index in [1.807, 2.05) is 19.9 Å². The summed E-state index contributed by atoms with van der Waals surface area (Å²) >= 11 is 11.9. The van der Waals surface area contributed by atoms with E-state index >= 15 is 0 Å². The Morgan fingerprint density at radius 1 is 1.08 bits per heavy atom. The number of ketones is 1. The lowest BCUT2D eigenvalue weighted by Gasteiger charge is -2.15. The third-order valence-electron chi connectivity index (χ3n) is 3.69. The maximum absolute atomic E-state index is 12.0. The van der Waals surface area contributed by atoms with Gasteiger partial charge < -0.3 is 10.1 Å². The first-order chi connectivity index (χ1) is 11.9. The van der Waals surface area contributed by atoms with Crippen molar-refractivity contribution < 1.29 is 14.3 Å². The predicted molar refractivity (Wildman–Crippen MR) is 99.6 cm³/mol. The largest absolute Gasteiger partial charge is 0.484 e. The maximum atomic E-state index is 12.0. The van der Waals surface area contributed by atoms with E-state index in [9.17, 15) is 9.59 Å². The monoisotopic (exact) mass is 379 g/mol. The minimum atomic E-state index is -0.257. The van der Waals surface area contributed by atoms with Gasteiger partial charge in [0.1, 0.15) is 5.75 Å². The Bertz CT molecular complexity index is 760. The first kappa shape index (κ1) is 19.3. The summed E-state index contributed by atoms with van der Waals surface area (Å²) in [6, 6.07) is 11.7. The van der Waals surface area contributed by atoms with Gasteiger partial charge in [-0.3, -0.25) is 9.59 Å². The van der Waals surface area contributed by atoms with E-state index in [-0.39, 0.29) is 24.3 Å². The van der Waals surface area contributed by atoms with Gasteiger partial charge in [-0.05, 0) is 48.9 Å². The normalized spacial score (nSPS) is 11.7. The minimum absolute atomic E-state index is 0.0692. The number of hydrogen-bond acceptors (Lipinski definition) is 3. The molecule has 0 heterocycles. The fourth-order valence-corrected chi connectivity index (χ4v) is 2.54. The Labute approximate surface area is 157 Å². The number of carbonyl (C=O) groups is 2. The van der Waals surface area contributed by atoms with Crippen molar-refractivity contribution in [2.75, 3.05) is 6.61 Å². The van der Waals surface area contributed by atoms with Crippen LogP contribution in [0.5, 0.6) is 5.75 Å². The van der Waals surface area contributed by atoms with Crippen molar-refractivity contribution in [1.82, 2.24) is 5.32 Å². The Morgan fingerprint density at radius 3 is 2.36 bits per heavy atom. The molecule has 2 aromatic carbocycles. The highest BCUT2D eigenvalue weighted by Crippen LogP contribution is 2.25. The van der Waals surface area contributed by atoms with Crippen molar-refractivity contribution in [1.29, 1.82) is 0 Å². The topological polar surface area (TPSA) is 55.4 Å². The Kier molecular flexibility index (Phi) is 6.85. The van der Waals surface area contributed by atoms with Crippen LogP contribution < -0.4 is 10.1 Å². The number of Topliss-reactive ketones (excluding diaryl/α,β-unsaturated/α-hetero) is 1. The van der Waals surface area contributed by atoms with Crippen LogP contribution in [0.2, 0.25) is 10.0 Å². The van der Waals surface area contributed by atoms with Crippen LogP contribution in [0.25, 0.3) is 0 Å². The molecule has 0 spiro atoms. The van der Waals surface area contributed by atoms with Crippen LogP contribution in [0.4, 0.5) is 0 Å². The molecule has 6 heteroatoms. The van der Waals surface area contributed by atoms with Crippen molar-refractivity contribution in [3.63, 3.8) is 0 Å². The van der Waals surface area contributed by atoms with E-state index in [4.69, 9.17) is 27.9 Å². The van der Waals surface area contributed by atoms with Gasteiger partial charge in [-0.15, -0.1) is 0 Å². The average molecular weight is 380 g/mol. The number of rotatable bonds is 7. The fraction of sp³-hybridized carbons (Fsp3) is 0.263. The molecule has 1 amide bonds. The lowest BCUT2D eigenvalue weighted by molar-refractivity contribution is -0.123. The standard InChI is InChI=1S/C19H19Cl2NO3/c1-3-18(23)13-4-7-15(8-5-13)25-11-19(24)22-12(2)14-6-9-16(20)17(21)10-14/h4-10,12H,3,11H2,1-2H3,(H,22,24). The molecule has 2 aromatic rings. The maximum Gasteiger partial charge on any atom is 0.258 e. The second kappa shape index (κ2) is 8.88. The first-order valence-electron chi connectivity index (χ1n) is 7.91. The molecule has 132 valence electrons. The van der Waals surface area contributed by atoms with Gasteiger partial charge >= 0.3 is 0 Å². The van der Waals surface area contributed by atoms with Crippen LogP contribution >= 0.6 is 23.2 Å². The average Bonchev–Trinajstić information content (AvgIpc) is 2.62. The van der Waals surface area contributed by atoms with E-state index in [0.29, 0.717) is 27.8 Å². The lowest BCUT2D eigenvalue weighted by atomic mass is 10.1. The van der Waals surface area contributed by atoms with Crippen LogP contribution in [-0.4, -0.2) is 18.3 Å². The van der Waals surface area contributed by atoms with Crippen molar-refractivity contribution in [3.05, 3.63) is 63.6 Å². The van der Waals surface area contributed by atoms with Crippen LogP contribution in [0, 0.1) is 0 Å². The molecule has 1 unspecified atom stereocenters. The highest BCUT2D eigenvalue weighted by Gasteiger charge is 2.12. The van der Waals surface area contributed by atoms with Crippen molar-refractivity contribution in [2.24, 2.45) is 0 Å². The third-order valence-corrected chi connectivity index (χ3v) is 4.43. The second-order valence-electron chi connectivity index (χ2n) is 5.55. The molecular weight excluding hydrogens is 361 g/mol. The molecule has 1 atom stereocenters. The number of halogens is 2. The lowest BCUT2D eigenvalue weighted by Crippen LogP contribution is -2.31. The molecule has 0 aromatic heterocycles. The molecule has 0 bridgehead atoms. The molecule has 0 radical (unpaired) electrons. The number of carbonyl (C=O) groups excluding carboxylic acids is 2. The molecule has 0 aliphatic heterocycles. The molecule has 0 aliphatic rings. The van der Waals surface area contributed by atoms with Crippen molar-refractivity contribution in [3.8, 4) is 5.75 Å². The third kappa shape index (κ3) is 5.48. The number of ether oxygens (including phenoxy) is 1. The number of hydrogen-bond donors (Lipinski definition) is 1. The second-order valence-corrected chi connectivity index (χ2v) is 6.37. The summed E-state index contributed by atoms with van der Waals surface area (Å²) in [4.78, 5) is 23.6. The van der Waals surface area contributed by atoms with Crippen LogP contribution in [0.1, 0.15) is 42.2 Å². The first-order valence-corrected chi connectivity index (χ1v) is 8.66. The Morgan fingerprint density at radius 2 is 1.76 bits per heavy atom. The summed E-state index contributed by atoms with van der Waals surface area (Å²) in [5, 5.41) is 3.74. The van der Waals surface area contributed by atoms with Gasteiger partial charge in [0.15, 0.2) is 12.4 Å².